The number of tetrazole rings is 1. The summed E-state index contributed by atoms with van der Waals surface area (Å²) >= 11 is 0. The average Bonchev–Trinajstić information content (AvgIpc) is 2.99. The van der Waals surface area contributed by atoms with Crippen LogP contribution in [0.1, 0.15) is 12.5 Å². The van der Waals surface area contributed by atoms with Crippen LogP contribution < -0.4 is 10.6 Å². The molecule has 1 aromatic carbocycles. The first kappa shape index (κ1) is 17.1. The maximum Gasteiger partial charge on any atom is 0.224 e. The third kappa shape index (κ3) is 4.80. The minimum absolute atomic E-state index is 0. The smallest absolute Gasteiger partial charge is 0.224 e. The predicted molar refractivity (Wildman–Crippen MR) is 81.8 cm³/mol. The highest BCUT2D eigenvalue weighted by Crippen LogP contribution is 2.13. The lowest BCUT2D eigenvalue weighted by Gasteiger charge is -2.11. The molecular weight excluding hydrogens is 292 g/mol. The maximum absolute atomic E-state index is 11.8. The summed E-state index contributed by atoms with van der Waals surface area (Å²) in [6.45, 7) is 3.08. The molecule has 1 amide bonds. The van der Waals surface area contributed by atoms with Gasteiger partial charge in [0, 0.05) is 24.6 Å². The molecule has 1 unspecified atom stereocenters. The van der Waals surface area contributed by atoms with Crippen molar-refractivity contribution in [2.24, 2.45) is 5.92 Å². The molecule has 1 heterocycles. The molecule has 0 saturated heterocycles. The van der Waals surface area contributed by atoms with Crippen molar-refractivity contribution in [1.82, 2.24) is 31.3 Å². The highest BCUT2D eigenvalue weighted by molar-refractivity contribution is 5.85. The minimum Gasteiger partial charge on any atom is -0.352 e. The van der Waals surface area contributed by atoms with Crippen LogP contribution in [0.3, 0.4) is 0 Å². The normalized spacial score (nSPS) is 11.5. The summed E-state index contributed by atoms with van der Waals surface area (Å²) in [6.07, 6.45) is 0. The van der Waals surface area contributed by atoms with E-state index in [4.69, 9.17) is 0 Å². The molecule has 0 radical (unpaired) electrons. The van der Waals surface area contributed by atoms with Gasteiger partial charge in [0.05, 0.1) is 0 Å². The van der Waals surface area contributed by atoms with Crippen molar-refractivity contribution < 1.29 is 4.79 Å². The first-order chi connectivity index (χ1) is 9.70. The van der Waals surface area contributed by atoms with Crippen LogP contribution in [0.25, 0.3) is 11.4 Å². The molecule has 7 nitrogen and oxygen atoms in total. The van der Waals surface area contributed by atoms with Gasteiger partial charge in [-0.05, 0) is 17.8 Å². The first-order valence-electron chi connectivity index (χ1n) is 6.45. The Bertz CT molecular complexity index is 542. The number of hydrogen-bond donors (Lipinski definition) is 3. The van der Waals surface area contributed by atoms with Crippen molar-refractivity contribution in [2.75, 3.05) is 13.6 Å². The number of halogens is 1. The monoisotopic (exact) mass is 310 g/mol. The second kappa shape index (κ2) is 8.33. The van der Waals surface area contributed by atoms with Crippen molar-refractivity contribution in [3.05, 3.63) is 29.8 Å². The molecule has 0 aliphatic carbocycles. The topological polar surface area (TPSA) is 95.6 Å². The van der Waals surface area contributed by atoms with E-state index >= 15 is 0 Å². The molecule has 21 heavy (non-hydrogen) atoms. The van der Waals surface area contributed by atoms with E-state index in [0.717, 1.165) is 11.1 Å². The van der Waals surface area contributed by atoms with E-state index < -0.39 is 0 Å². The molecular formula is C13H19ClN6O. The van der Waals surface area contributed by atoms with Gasteiger partial charge in [0.15, 0.2) is 0 Å². The molecule has 1 atom stereocenters. The van der Waals surface area contributed by atoms with E-state index in [-0.39, 0.29) is 24.2 Å². The Kier molecular flexibility index (Phi) is 6.77. The number of carbonyl (C=O) groups excluding carboxylic acids is 1. The van der Waals surface area contributed by atoms with Crippen molar-refractivity contribution in [3.63, 3.8) is 0 Å². The van der Waals surface area contributed by atoms with Gasteiger partial charge in [-0.2, -0.15) is 5.21 Å². The highest BCUT2D eigenvalue weighted by atomic mass is 35.5. The van der Waals surface area contributed by atoms with Crippen molar-refractivity contribution in [2.45, 2.75) is 13.5 Å². The van der Waals surface area contributed by atoms with Gasteiger partial charge < -0.3 is 10.6 Å². The van der Waals surface area contributed by atoms with E-state index in [9.17, 15) is 4.79 Å². The van der Waals surface area contributed by atoms with Gasteiger partial charge in [-0.3, -0.25) is 4.79 Å². The summed E-state index contributed by atoms with van der Waals surface area (Å²) in [5, 5.41) is 19.6. The molecule has 0 saturated carbocycles. The summed E-state index contributed by atoms with van der Waals surface area (Å²) < 4.78 is 0. The minimum atomic E-state index is -0.0430. The van der Waals surface area contributed by atoms with Gasteiger partial charge in [0.25, 0.3) is 0 Å². The Labute approximate surface area is 129 Å². The number of aromatic amines is 1. The van der Waals surface area contributed by atoms with E-state index in [1.165, 1.54) is 0 Å². The Morgan fingerprint density at radius 1 is 1.33 bits per heavy atom. The molecule has 0 fully saturated rings. The number of nitrogens with zero attached hydrogens (tertiary/aromatic N) is 3. The summed E-state index contributed by atoms with van der Waals surface area (Å²) in [7, 11) is 1.83. The standard InChI is InChI=1S/C13H18N6O.ClH/c1-9(7-14-2)13(20)15-8-10-3-5-11(6-4-10)12-16-18-19-17-12;/h3-6,9,14H,7-8H2,1-2H3,(H,15,20)(H,16,17,18,19);1H. The van der Waals surface area contributed by atoms with Crippen molar-refractivity contribution in [1.29, 1.82) is 0 Å². The molecule has 0 spiro atoms. The molecule has 8 heteroatoms. The SMILES string of the molecule is CNCC(C)C(=O)NCc1ccc(-c2nn[nH]n2)cc1.Cl. The van der Waals surface area contributed by atoms with Gasteiger partial charge in [0.1, 0.15) is 0 Å². The Morgan fingerprint density at radius 2 is 2.05 bits per heavy atom. The predicted octanol–water partition coefficient (Wildman–Crippen LogP) is 0.760. The van der Waals surface area contributed by atoms with Crippen molar-refractivity contribution >= 4 is 18.3 Å². The van der Waals surface area contributed by atoms with Crippen LogP contribution >= 0.6 is 12.4 Å². The third-order valence-corrected chi connectivity index (χ3v) is 2.98. The van der Waals surface area contributed by atoms with Gasteiger partial charge in [-0.25, -0.2) is 0 Å². The van der Waals surface area contributed by atoms with Crippen LogP contribution in [-0.4, -0.2) is 40.1 Å². The van der Waals surface area contributed by atoms with Crippen LogP contribution in [-0.2, 0) is 11.3 Å². The molecule has 0 aliphatic heterocycles. The van der Waals surface area contributed by atoms with E-state index in [1.54, 1.807) is 0 Å². The van der Waals surface area contributed by atoms with E-state index in [0.29, 0.717) is 18.9 Å². The zero-order valence-corrected chi connectivity index (χ0v) is 12.8. The van der Waals surface area contributed by atoms with Gasteiger partial charge in [-0.1, -0.05) is 31.2 Å². The number of amides is 1. The van der Waals surface area contributed by atoms with E-state index in [1.807, 2.05) is 38.2 Å². The first-order valence-corrected chi connectivity index (χ1v) is 6.45. The number of nitrogens with one attached hydrogen (secondary N) is 3. The van der Waals surface area contributed by atoms with Crippen molar-refractivity contribution in [3.8, 4) is 11.4 Å². The number of H-pyrrole nitrogens is 1. The second-order valence-corrected chi connectivity index (χ2v) is 4.61. The fraction of sp³-hybridized carbons (Fsp3) is 0.385. The fourth-order valence-corrected chi connectivity index (χ4v) is 1.82. The summed E-state index contributed by atoms with van der Waals surface area (Å²) in [6, 6.07) is 7.69. The molecule has 2 aromatic rings. The Balaban J connectivity index is 0.00000220. The van der Waals surface area contributed by atoms with Crippen LogP contribution in [0.15, 0.2) is 24.3 Å². The summed E-state index contributed by atoms with van der Waals surface area (Å²) in [5.74, 6) is 0.559. The zero-order valence-electron chi connectivity index (χ0n) is 12.0. The van der Waals surface area contributed by atoms with Crippen LogP contribution in [0.5, 0.6) is 0 Å². The van der Waals surface area contributed by atoms with Gasteiger partial charge in [0.2, 0.25) is 11.7 Å². The Hall–Kier alpha value is -1.99. The lowest BCUT2D eigenvalue weighted by atomic mass is 10.1. The largest absolute Gasteiger partial charge is 0.352 e. The van der Waals surface area contributed by atoms with Gasteiger partial charge >= 0.3 is 0 Å². The number of benzene rings is 1. The summed E-state index contributed by atoms with van der Waals surface area (Å²) in [5.41, 5.74) is 1.92. The maximum atomic E-state index is 11.8. The molecule has 1 aromatic heterocycles. The molecule has 2 rings (SSSR count). The molecule has 0 bridgehead atoms. The third-order valence-electron chi connectivity index (χ3n) is 2.98. The van der Waals surface area contributed by atoms with E-state index in [2.05, 4.69) is 31.3 Å². The highest BCUT2D eigenvalue weighted by Gasteiger charge is 2.11. The zero-order chi connectivity index (χ0) is 14.4. The number of hydrogen-bond acceptors (Lipinski definition) is 5. The lowest BCUT2D eigenvalue weighted by molar-refractivity contribution is -0.124. The van der Waals surface area contributed by atoms with Crippen LogP contribution in [0.2, 0.25) is 0 Å². The van der Waals surface area contributed by atoms with Gasteiger partial charge in [-0.15, -0.1) is 22.6 Å². The fourth-order valence-electron chi connectivity index (χ4n) is 1.82. The molecule has 114 valence electrons. The molecule has 3 N–H and O–H groups in total. The quantitative estimate of drug-likeness (QED) is 0.732. The van der Waals surface area contributed by atoms with Crippen LogP contribution in [0, 0.1) is 5.92 Å². The molecule has 0 aliphatic rings. The Morgan fingerprint density at radius 3 is 2.62 bits per heavy atom. The number of rotatable bonds is 6. The average molecular weight is 311 g/mol. The summed E-state index contributed by atoms with van der Waals surface area (Å²) in [4.78, 5) is 11.8. The second-order valence-electron chi connectivity index (χ2n) is 4.61. The number of aromatic nitrogens is 4. The lowest BCUT2D eigenvalue weighted by Crippen LogP contribution is -2.33. The number of carbonyl (C=O) groups is 1. The van der Waals surface area contributed by atoms with Crippen LogP contribution in [0.4, 0.5) is 0 Å².